The van der Waals surface area contributed by atoms with Crippen molar-refractivity contribution in [2.75, 3.05) is 32.7 Å². The van der Waals surface area contributed by atoms with E-state index >= 15 is 0 Å². The number of carbonyl (C=O) groups is 2. The maximum Gasteiger partial charge on any atom is 0.407 e. The van der Waals surface area contributed by atoms with E-state index in [1.54, 1.807) is 20.8 Å². The predicted molar refractivity (Wildman–Crippen MR) is 99.0 cm³/mol. The average Bonchev–Trinajstić information content (AvgIpc) is 2.55. The maximum atomic E-state index is 11.8. The van der Waals surface area contributed by atoms with E-state index in [4.69, 9.17) is 4.74 Å². The molecule has 0 saturated carbocycles. The van der Waals surface area contributed by atoms with Gasteiger partial charge in [0.25, 0.3) is 0 Å². The van der Waals surface area contributed by atoms with Crippen LogP contribution in [-0.2, 0) is 16.1 Å². The highest BCUT2D eigenvalue weighted by atomic mass is 16.6. The second kappa shape index (κ2) is 9.00. The fraction of sp³-hybridized carbons (Fsp3) is 0.579. The maximum absolute atomic E-state index is 11.8. The van der Waals surface area contributed by atoms with Crippen molar-refractivity contribution in [2.45, 2.75) is 39.0 Å². The number of aliphatic carboxylic acids is 1. The van der Waals surface area contributed by atoms with Crippen LogP contribution in [0.5, 0.6) is 0 Å². The number of carboxylic acid groups (broad SMARTS) is 1. The minimum absolute atomic E-state index is 0.0307. The molecular formula is C19H29N3O4. The molecule has 144 valence electrons. The first kappa shape index (κ1) is 20.2. The van der Waals surface area contributed by atoms with Crippen LogP contribution in [0, 0.1) is 0 Å². The summed E-state index contributed by atoms with van der Waals surface area (Å²) < 4.78 is 5.17. The van der Waals surface area contributed by atoms with E-state index in [2.05, 4.69) is 22.3 Å². The summed E-state index contributed by atoms with van der Waals surface area (Å²) in [7, 11) is 0. The van der Waals surface area contributed by atoms with Crippen molar-refractivity contribution in [3.8, 4) is 0 Å². The number of nitrogens with one attached hydrogen (secondary N) is 1. The minimum atomic E-state index is -0.933. The molecule has 0 aromatic heterocycles. The van der Waals surface area contributed by atoms with E-state index in [-0.39, 0.29) is 6.54 Å². The van der Waals surface area contributed by atoms with Gasteiger partial charge >= 0.3 is 12.1 Å². The smallest absolute Gasteiger partial charge is 0.407 e. The number of amides is 1. The predicted octanol–water partition coefficient (Wildman–Crippen LogP) is 1.78. The van der Waals surface area contributed by atoms with Crippen molar-refractivity contribution < 1.29 is 19.4 Å². The van der Waals surface area contributed by atoms with Crippen LogP contribution in [0.1, 0.15) is 26.3 Å². The lowest BCUT2D eigenvalue weighted by atomic mass is 10.1. The summed E-state index contributed by atoms with van der Waals surface area (Å²) >= 11 is 0. The van der Waals surface area contributed by atoms with Crippen molar-refractivity contribution in [1.29, 1.82) is 0 Å². The highest BCUT2D eigenvalue weighted by Crippen LogP contribution is 2.11. The van der Waals surface area contributed by atoms with Gasteiger partial charge < -0.3 is 15.2 Å². The van der Waals surface area contributed by atoms with E-state index in [0.717, 1.165) is 19.6 Å². The molecule has 26 heavy (non-hydrogen) atoms. The highest BCUT2D eigenvalue weighted by molar-refractivity contribution is 5.75. The number of ether oxygens (including phenoxy) is 1. The molecule has 1 aliphatic rings. The van der Waals surface area contributed by atoms with Crippen molar-refractivity contribution in [3.05, 3.63) is 35.9 Å². The number of rotatable bonds is 6. The lowest BCUT2D eigenvalue weighted by Crippen LogP contribution is -2.56. The molecule has 1 heterocycles. The second-order valence-electron chi connectivity index (χ2n) is 7.53. The Morgan fingerprint density at radius 2 is 1.77 bits per heavy atom. The minimum Gasteiger partial charge on any atom is -0.480 e. The summed E-state index contributed by atoms with van der Waals surface area (Å²) in [4.78, 5) is 27.6. The summed E-state index contributed by atoms with van der Waals surface area (Å²) in [5, 5.41) is 12.1. The van der Waals surface area contributed by atoms with Gasteiger partial charge in [-0.25, -0.2) is 4.79 Å². The SMILES string of the molecule is CC(C)(C)OC(=O)NC[C@@H](C(=O)O)N1CCN(Cc2ccccc2)CC1. The van der Waals surface area contributed by atoms with Crippen molar-refractivity contribution >= 4 is 12.1 Å². The third kappa shape index (κ3) is 6.65. The van der Waals surface area contributed by atoms with Crippen LogP contribution in [0.15, 0.2) is 30.3 Å². The Bertz CT molecular complexity index is 593. The van der Waals surface area contributed by atoms with Crippen LogP contribution < -0.4 is 5.32 Å². The van der Waals surface area contributed by atoms with Gasteiger partial charge in [-0.3, -0.25) is 14.6 Å². The molecule has 0 aliphatic carbocycles. The fourth-order valence-electron chi connectivity index (χ4n) is 2.94. The molecule has 2 rings (SSSR count). The summed E-state index contributed by atoms with van der Waals surface area (Å²) in [6.07, 6.45) is -0.591. The molecular weight excluding hydrogens is 334 g/mol. The van der Waals surface area contributed by atoms with Gasteiger partial charge in [0, 0.05) is 39.3 Å². The molecule has 7 nitrogen and oxygen atoms in total. The number of hydrogen-bond acceptors (Lipinski definition) is 5. The van der Waals surface area contributed by atoms with Gasteiger partial charge in [-0.15, -0.1) is 0 Å². The molecule has 1 aromatic carbocycles. The van der Waals surface area contributed by atoms with Gasteiger partial charge in [-0.2, -0.15) is 0 Å². The van der Waals surface area contributed by atoms with Gasteiger partial charge in [-0.05, 0) is 26.3 Å². The number of carbonyl (C=O) groups excluding carboxylic acids is 1. The van der Waals surface area contributed by atoms with Crippen molar-refractivity contribution in [2.24, 2.45) is 0 Å². The topological polar surface area (TPSA) is 82.1 Å². The molecule has 1 aliphatic heterocycles. The van der Waals surface area contributed by atoms with Gasteiger partial charge in [0.15, 0.2) is 0 Å². The second-order valence-corrected chi connectivity index (χ2v) is 7.53. The number of piperazine rings is 1. The molecule has 1 amide bonds. The van der Waals surface area contributed by atoms with E-state index < -0.39 is 23.7 Å². The number of alkyl carbamates (subject to hydrolysis) is 1. The first-order valence-corrected chi connectivity index (χ1v) is 8.94. The fourth-order valence-corrected chi connectivity index (χ4v) is 2.94. The van der Waals surface area contributed by atoms with E-state index in [1.165, 1.54) is 5.56 Å². The molecule has 0 bridgehead atoms. The number of benzene rings is 1. The quantitative estimate of drug-likeness (QED) is 0.802. The Kier molecular flexibility index (Phi) is 6.99. The third-order valence-electron chi connectivity index (χ3n) is 4.22. The Hall–Kier alpha value is -2.12. The molecule has 7 heteroatoms. The van der Waals surface area contributed by atoms with Crippen LogP contribution >= 0.6 is 0 Å². The molecule has 1 aromatic rings. The standard InChI is InChI=1S/C19H29N3O4/c1-19(2,3)26-18(25)20-13-16(17(23)24)22-11-9-21(10-12-22)14-15-7-5-4-6-8-15/h4-8,16H,9-14H2,1-3H3,(H,20,25)(H,23,24)/t16-/m0/s1. The summed E-state index contributed by atoms with van der Waals surface area (Å²) in [6, 6.07) is 9.48. The molecule has 0 unspecified atom stereocenters. The molecule has 0 radical (unpaired) electrons. The van der Waals surface area contributed by atoms with Crippen LogP contribution in [0.2, 0.25) is 0 Å². The summed E-state index contributed by atoms with van der Waals surface area (Å²) in [6.45, 7) is 9.11. The van der Waals surface area contributed by atoms with E-state index in [1.807, 2.05) is 23.1 Å². The monoisotopic (exact) mass is 363 g/mol. The first-order chi connectivity index (χ1) is 12.2. The summed E-state index contributed by atoms with van der Waals surface area (Å²) in [5.41, 5.74) is 0.647. The lowest BCUT2D eigenvalue weighted by molar-refractivity contribution is -0.143. The zero-order valence-electron chi connectivity index (χ0n) is 15.8. The molecule has 1 atom stereocenters. The normalized spacial score (nSPS) is 17.5. The zero-order chi connectivity index (χ0) is 19.2. The number of nitrogens with zero attached hydrogens (tertiary/aromatic N) is 2. The van der Waals surface area contributed by atoms with Gasteiger partial charge in [-0.1, -0.05) is 30.3 Å². The van der Waals surface area contributed by atoms with Crippen LogP contribution in [0.25, 0.3) is 0 Å². The van der Waals surface area contributed by atoms with Crippen LogP contribution in [-0.4, -0.2) is 71.3 Å². The Morgan fingerprint density at radius 1 is 1.15 bits per heavy atom. The molecule has 1 saturated heterocycles. The molecule has 1 fully saturated rings. The number of carboxylic acids is 1. The Balaban J connectivity index is 1.82. The molecule has 2 N–H and O–H groups in total. The Morgan fingerprint density at radius 3 is 2.31 bits per heavy atom. The van der Waals surface area contributed by atoms with Crippen molar-refractivity contribution in [3.63, 3.8) is 0 Å². The molecule has 0 spiro atoms. The van der Waals surface area contributed by atoms with Gasteiger partial charge in [0.1, 0.15) is 11.6 Å². The average molecular weight is 363 g/mol. The van der Waals surface area contributed by atoms with Crippen LogP contribution in [0.4, 0.5) is 4.79 Å². The highest BCUT2D eigenvalue weighted by Gasteiger charge is 2.29. The third-order valence-corrected chi connectivity index (χ3v) is 4.22. The van der Waals surface area contributed by atoms with E-state index in [9.17, 15) is 14.7 Å². The number of hydrogen-bond donors (Lipinski definition) is 2. The summed E-state index contributed by atoms with van der Waals surface area (Å²) in [5.74, 6) is -0.933. The van der Waals surface area contributed by atoms with Crippen LogP contribution in [0.3, 0.4) is 0 Å². The van der Waals surface area contributed by atoms with Crippen molar-refractivity contribution in [1.82, 2.24) is 15.1 Å². The van der Waals surface area contributed by atoms with Gasteiger partial charge in [0.2, 0.25) is 0 Å². The first-order valence-electron chi connectivity index (χ1n) is 8.94. The largest absolute Gasteiger partial charge is 0.480 e. The van der Waals surface area contributed by atoms with E-state index in [0.29, 0.717) is 13.1 Å². The Labute approximate surface area is 154 Å². The van der Waals surface area contributed by atoms with Gasteiger partial charge in [0.05, 0.1) is 0 Å². The zero-order valence-corrected chi connectivity index (χ0v) is 15.8. The lowest BCUT2D eigenvalue weighted by Gasteiger charge is -2.37.